The van der Waals surface area contributed by atoms with Gasteiger partial charge in [-0.2, -0.15) is 5.10 Å². The molecule has 0 spiro atoms. The zero-order valence-electron chi connectivity index (χ0n) is 16.9. The Hall–Kier alpha value is -3.30. The van der Waals surface area contributed by atoms with E-state index < -0.39 is 10.0 Å². The first-order valence-corrected chi connectivity index (χ1v) is 11.0. The average molecular weight is 444 g/mol. The molecule has 0 aliphatic rings. The van der Waals surface area contributed by atoms with Crippen LogP contribution in [0.3, 0.4) is 0 Å². The highest BCUT2D eigenvalue weighted by Crippen LogP contribution is 2.25. The summed E-state index contributed by atoms with van der Waals surface area (Å²) >= 11 is 0. The molecule has 1 heterocycles. The zero-order chi connectivity index (χ0) is 22.4. The monoisotopic (exact) mass is 443 g/mol. The molecule has 3 aromatic rings. The van der Waals surface area contributed by atoms with Gasteiger partial charge in [-0.3, -0.25) is 4.79 Å². The van der Waals surface area contributed by atoms with E-state index in [0.717, 1.165) is 5.56 Å². The van der Waals surface area contributed by atoms with Crippen LogP contribution in [0.25, 0.3) is 23.0 Å². The fraction of sp³-hybridized carbons (Fsp3) is 0.182. The van der Waals surface area contributed by atoms with Crippen LogP contribution in [0.5, 0.6) is 0 Å². The van der Waals surface area contributed by atoms with Crippen LogP contribution in [0, 0.1) is 5.82 Å². The molecule has 0 bridgehead atoms. The predicted octanol–water partition coefficient (Wildman–Crippen LogP) is 3.68. The standard InChI is InChI=1S/C22H22FN3O4S/c1-30-22(27)6-4-2-3-5-18-15-21(16-7-9-17(23)10-8-16)26(25-18)19-11-13-20(14-12-19)31(24,28)29/h3,5,7-15H,2,4,6H2,1H3,(H2,24,28,29). The molecule has 2 N–H and O–H groups in total. The van der Waals surface area contributed by atoms with Crippen molar-refractivity contribution >= 4 is 22.1 Å². The lowest BCUT2D eigenvalue weighted by Gasteiger charge is -2.08. The summed E-state index contributed by atoms with van der Waals surface area (Å²) in [6.45, 7) is 0. The van der Waals surface area contributed by atoms with E-state index in [-0.39, 0.29) is 16.7 Å². The summed E-state index contributed by atoms with van der Waals surface area (Å²) in [6.07, 6.45) is 5.42. The van der Waals surface area contributed by atoms with Gasteiger partial charge < -0.3 is 4.74 Å². The van der Waals surface area contributed by atoms with E-state index in [9.17, 15) is 17.6 Å². The number of esters is 1. The van der Waals surface area contributed by atoms with Gasteiger partial charge in [0.15, 0.2) is 0 Å². The van der Waals surface area contributed by atoms with Gasteiger partial charge in [0.1, 0.15) is 5.82 Å². The summed E-state index contributed by atoms with van der Waals surface area (Å²) < 4.78 is 42.7. The van der Waals surface area contributed by atoms with Gasteiger partial charge in [-0.1, -0.05) is 6.08 Å². The quantitative estimate of drug-likeness (QED) is 0.422. The van der Waals surface area contributed by atoms with Crippen molar-refractivity contribution < 1.29 is 22.3 Å². The van der Waals surface area contributed by atoms with E-state index in [1.165, 1.54) is 31.4 Å². The smallest absolute Gasteiger partial charge is 0.305 e. The van der Waals surface area contributed by atoms with Crippen LogP contribution in [0.2, 0.25) is 0 Å². The lowest BCUT2D eigenvalue weighted by atomic mass is 10.1. The second kappa shape index (κ2) is 9.67. The molecular weight excluding hydrogens is 421 g/mol. The van der Waals surface area contributed by atoms with Crippen molar-refractivity contribution in [2.45, 2.75) is 24.2 Å². The van der Waals surface area contributed by atoms with E-state index in [1.54, 1.807) is 28.9 Å². The normalized spacial score (nSPS) is 11.7. The molecule has 9 heteroatoms. The molecule has 1 aromatic heterocycles. The van der Waals surface area contributed by atoms with E-state index >= 15 is 0 Å². The van der Waals surface area contributed by atoms with Crippen LogP contribution in [-0.2, 0) is 19.6 Å². The van der Waals surface area contributed by atoms with Crippen molar-refractivity contribution in [3.05, 3.63) is 72.2 Å². The lowest BCUT2D eigenvalue weighted by Crippen LogP contribution is -2.12. The number of rotatable bonds is 8. The van der Waals surface area contributed by atoms with Gasteiger partial charge in [0.05, 0.1) is 29.1 Å². The maximum absolute atomic E-state index is 13.4. The van der Waals surface area contributed by atoms with Gasteiger partial charge >= 0.3 is 5.97 Å². The molecule has 0 amide bonds. The minimum Gasteiger partial charge on any atom is -0.469 e. The van der Waals surface area contributed by atoms with Crippen LogP contribution in [-0.4, -0.2) is 31.3 Å². The number of hydrogen-bond donors (Lipinski definition) is 1. The topological polar surface area (TPSA) is 104 Å². The van der Waals surface area contributed by atoms with Crippen LogP contribution >= 0.6 is 0 Å². The summed E-state index contributed by atoms with van der Waals surface area (Å²) in [5.41, 5.74) is 2.73. The number of ether oxygens (including phenoxy) is 1. The van der Waals surface area contributed by atoms with Crippen molar-refractivity contribution in [1.82, 2.24) is 9.78 Å². The number of methoxy groups -OCH3 is 1. The number of benzene rings is 2. The molecular formula is C22H22FN3O4S. The third-order valence-corrected chi connectivity index (χ3v) is 5.48. The Labute approximate surface area is 180 Å². The third kappa shape index (κ3) is 5.87. The maximum atomic E-state index is 13.4. The minimum atomic E-state index is -3.80. The van der Waals surface area contributed by atoms with Crippen molar-refractivity contribution in [2.24, 2.45) is 5.14 Å². The number of nitrogens with zero attached hydrogens (tertiary/aromatic N) is 2. The summed E-state index contributed by atoms with van der Waals surface area (Å²) in [6, 6.07) is 13.9. The summed E-state index contributed by atoms with van der Waals surface area (Å²) in [7, 11) is -2.45. The van der Waals surface area contributed by atoms with E-state index in [0.29, 0.717) is 36.3 Å². The number of halogens is 1. The lowest BCUT2D eigenvalue weighted by molar-refractivity contribution is -0.140. The van der Waals surface area contributed by atoms with Crippen molar-refractivity contribution in [3.8, 4) is 16.9 Å². The zero-order valence-corrected chi connectivity index (χ0v) is 17.7. The Bertz CT molecular complexity index is 1180. The highest BCUT2D eigenvalue weighted by molar-refractivity contribution is 7.89. The molecule has 7 nitrogen and oxygen atoms in total. The molecule has 0 saturated heterocycles. The fourth-order valence-electron chi connectivity index (χ4n) is 2.95. The van der Waals surface area contributed by atoms with Gasteiger partial charge in [0.2, 0.25) is 10.0 Å². The number of sulfonamides is 1. The Balaban J connectivity index is 1.91. The first-order chi connectivity index (χ1) is 14.8. The molecule has 0 unspecified atom stereocenters. The predicted molar refractivity (Wildman–Crippen MR) is 115 cm³/mol. The number of hydrogen-bond acceptors (Lipinski definition) is 5. The van der Waals surface area contributed by atoms with Crippen molar-refractivity contribution in [3.63, 3.8) is 0 Å². The van der Waals surface area contributed by atoms with Crippen LogP contribution < -0.4 is 5.14 Å². The molecule has 2 aromatic carbocycles. The Morgan fingerprint density at radius 3 is 2.45 bits per heavy atom. The molecule has 0 atom stereocenters. The summed E-state index contributed by atoms with van der Waals surface area (Å²) in [5.74, 6) is -0.600. The molecule has 31 heavy (non-hydrogen) atoms. The third-order valence-electron chi connectivity index (χ3n) is 4.55. The summed E-state index contributed by atoms with van der Waals surface area (Å²) in [4.78, 5) is 11.2. The molecule has 0 fully saturated rings. The Kier molecular flexibility index (Phi) is 6.98. The summed E-state index contributed by atoms with van der Waals surface area (Å²) in [5, 5.41) is 9.75. The number of aromatic nitrogens is 2. The highest BCUT2D eigenvalue weighted by atomic mass is 32.2. The van der Waals surface area contributed by atoms with E-state index in [2.05, 4.69) is 9.84 Å². The number of carbonyl (C=O) groups excluding carboxylic acids is 1. The second-order valence-corrected chi connectivity index (χ2v) is 8.34. The number of carbonyl (C=O) groups is 1. The Morgan fingerprint density at radius 1 is 1.16 bits per heavy atom. The highest BCUT2D eigenvalue weighted by Gasteiger charge is 2.13. The van der Waals surface area contributed by atoms with Gasteiger partial charge in [0, 0.05) is 12.0 Å². The largest absolute Gasteiger partial charge is 0.469 e. The van der Waals surface area contributed by atoms with Crippen molar-refractivity contribution in [1.29, 1.82) is 0 Å². The first kappa shape index (κ1) is 22.4. The van der Waals surface area contributed by atoms with Gasteiger partial charge in [0.25, 0.3) is 0 Å². The van der Waals surface area contributed by atoms with E-state index in [4.69, 9.17) is 5.14 Å². The van der Waals surface area contributed by atoms with Gasteiger partial charge in [-0.05, 0) is 73.5 Å². The van der Waals surface area contributed by atoms with Crippen molar-refractivity contribution in [2.75, 3.05) is 7.11 Å². The van der Waals surface area contributed by atoms with Crippen LogP contribution in [0.4, 0.5) is 4.39 Å². The molecule has 0 aliphatic carbocycles. The minimum absolute atomic E-state index is 0.00235. The molecule has 162 valence electrons. The van der Waals surface area contributed by atoms with Crippen LogP contribution in [0.15, 0.2) is 65.6 Å². The average Bonchev–Trinajstić information content (AvgIpc) is 3.17. The fourth-order valence-corrected chi connectivity index (χ4v) is 3.47. The molecule has 0 aliphatic heterocycles. The number of unbranched alkanes of at least 4 members (excludes halogenated alkanes) is 1. The maximum Gasteiger partial charge on any atom is 0.305 e. The first-order valence-electron chi connectivity index (χ1n) is 9.50. The SMILES string of the molecule is COC(=O)CCCC=Cc1cc(-c2ccc(F)cc2)n(-c2ccc(S(N)(=O)=O)cc2)n1. The van der Waals surface area contributed by atoms with Crippen LogP contribution in [0.1, 0.15) is 25.0 Å². The van der Waals surface area contributed by atoms with Gasteiger partial charge in [-0.15, -0.1) is 0 Å². The molecule has 0 radical (unpaired) electrons. The number of primary sulfonamides is 1. The Morgan fingerprint density at radius 2 is 1.84 bits per heavy atom. The van der Waals surface area contributed by atoms with Gasteiger partial charge in [-0.25, -0.2) is 22.6 Å². The molecule has 3 rings (SSSR count). The van der Waals surface area contributed by atoms with E-state index in [1.807, 2.05) is 18.2 Å². The number of nitrogens with two attached hydrogens (primary N) is 1. The number of allylic oxidation sites excluding steroid dienone is 1. The molecule has 0 saturated carbocycles. The second-order valence-electron chi connectivity index (χ2n) is 6.78.